The normalized spacial score (nSPS) is 20.8. The second kappa shape index (κ2) is 5.44. The molecule has 0 aromatic heterocycles. The summed E-state index contributed by atoms with van der Waals surface area (Å²) >= 11 is 0. The molecule has 6 heteroatoms. The first-order valence-electron chi connectivity index (χ1n) is 6.65. The van der Waals surface area contributed by atoms with Gasteiger partial charge in [0.1, 0.15) is 5.75 Å². The predicted molar refractivity (Wildman–Crippen MR) is 77.6 cm³/mol. The number of amides is 1. The maximum absolute atomic E-state index is 12.5. The summed E-state index contributed by atoms with van der Waals surface area (Å²) in [5.41, 5.74) is 1.51. The summed E-state index contributed by atoms with van der Waals surface area (Å²) in [6.45, 7) is 4.14. The fourth-order valence-corrected chi connectivity index (χ4v) is 4.28. The van der Waals surface area contributed by atoms with Crippen LogP contribution in [0.1, 0.15) is 18.9 Å². The summed E-state index contributed by atoms with van der Waals surface area (Å²) in [5, 5.41) is 9.58. The highest BCUT2D eigenvalue weighted by Crippen LogP contribution is 2.28. The molecule has 1 N–H and O–H groups in total. The number of phenolic OH excluding ortho intramolecular Hbond substituents is 1. The number of carbonyl (C=O) groups is 1. The molecule has 0 radical (unpaired) electrons. The van der Waals surface area contributed by atoms with Gasteiger partial charge in [-0.05, 0) is 31.9 Å². The summed E-state index contributed by atoms with van der Waals surface area (Å²) in [7, 11) is -3.08. The van der Waals surface area contributed by atoms with Crippen molar-refractivity contribution in [2.45, 2.75) is 20.3 Å². The fourth-order valence-electron chi connectivity index (χ4n) is 2.54. The molecule has 0 bridgehead atoms. The Morgan fingerprint density at radius 2 is 2.15 bits per heavy atom. The van der Waals surface area contributed by atoms with E-state index in [-0.39, 0.29) is 23.2 Å². The minimum atomic E-state index is -3.08. The molecular weight excluding hydrogens is 278 g/mol. The number of phenols is 1. The zero-order valence-electron chi connectivity index (χ0n) is 11.7. The Labute approximate surface area is 119 Å². The zero-order chi connectivity index (χ0) is 14.9. The molecule has 0 saturated carbocycles. The van der Waals surface area contributed by atoms with Crippen molar-refractivity contribution in [2.75, 3.05) is 23.0 Å². The Balaban J connectivity index is 2.28. The molecule has 1 aliphatic rings. The van der Waals surface area contributed by atoms with Crippen LogP contribution >= 0.6 is 0 Å². The molecule has 1 aromatic rings. The highest BCUT2D eigenvalue weighted by atomic mass is 32.2. The number of hydrogen-bond donors (Lipinski definition) is 1. The maximum atomic E-state index is 12.5. The van der Waals surface area contributed by atoms with Gasteiger partial charge in [0.05, 0.1) is 23.1 Å². The smallest absolute Gasteiger partial charge is 0.231 e. The first-order valence-corrected chi connectivity index (χ1v) is 8.47. The molecule has 1 aliphatic heterocycles. The number of anilines is 1. The lowest BCUT2D eigenvalue weighted by atomic mass is 10.1. The van der Waals surface area contributed by atoms with E-state index < -0.39 is 15.8 Å². The van der Waals surface area contributed by atoms with Crippen molar-refractivity contribution in [3.05, 3.63) is 23.8 Å². The lowest BCUT2D eigenvalue weighted by Crippen LogP contribution is -2.37. The minimum absolute atomic E-state index is 0.0692. The van der Waals surface area contributed by atoms with Crippen molar-refractivity contribution in [2.24, 2.45) is 5.92 Å². The Hall–Kier alpha value is -1.56. The first kappa shape index (κ1) is 14.8. The van der Waals surface area contributed by atoms with Crippen LogP contribution in [0.25, 0.3) is 0 Å². The molecule has 2 rings (SSSR count). The second-order valence-electron chi connectivity index (χ2n) is 5.15. The van der Waals surface area contributed by atoms with Crippen LogP contribution in [0.3, 0.4) is 0 Å². The van der Waals surface area contributed by atoms with E-state index >= 15 is 0 Å². The molecular formula is C14H19NO4S. The van der Waals surface area contributed by atoms with Crippen LogP contribution in [-0.2, 0) is 14.6 Å². The van der Waals surface area contributed by atoms with Crippen LogP contribution in [0.4, 0.5) is 5.69 Å². The third kappa shape index (κ3) is 2.95. The molecule has 1 aromatic carbocycles. The van der Waals surface area contributed by atoms with Crippen molar-refractivity contribution in [3.63, 3.8) is 0 Å². The standard InChI is InChI=1S/C14H19NO4S/c1-3-15(13-8-12(16)5-4-10(13)2)14(17)11-6-7-20(18,19)9-11/h4-5,8,11,16H,3,6-7,9H2,1-2H3. The number of aryl methyl sites for hydroxylation is 1. The quantitative estimate of drug-likeness (QED) is 0.917. The average Bonchev–Trinajstić information content (AvgIpc) is 2.75. The van der Waals surface area contributed by atoms with Crippen LogP contribution < -0.4 is 4.90 Å². The highest BCUT2D eigenvalue weighted by molar-refractivity contribution is 7.91. The third-order valence-corrected chi connectivity index (χ3v) is 5.42. The molecule has 0 aliphatic carbocycles. The molecule has 110 valence electrons. The van der Waals surface area contributed by atoms with Crippen LogP contribution in [0, 0.1) is 12.8 Å². The largest absolute Gasteiger partial charge is 0.508 e. The van der Waals surface area contributed by atoms with Crippen molar-refractivity contribution < 1.29 is 18.3 Å². The van der Waals surface area contributed by atoms with E-state index in [4.69, 9.17) is 0 Å². The number of hydrogen-bond acceptors (Lipinski definition) is 4. The second-order valence-corrected chi connectivity index (χ2v) is 7.38. The number of carbonyl (C=O) groups excluding carboxylic acids is 1. The molecule has 5 nitrogen and oxygen atoms in total. The number of aromatic hydroxyl groups is 1. The summed E-state index contributed by atoms with van der Waals surface area (Å²) < 4.78 is 23.0. The van der Waals surface area contributed by atoms with Crippen molar-refractivity contribution >= 4 is 21.4 Å². The Bertz CT molecular complexity index is 624. The van der Waals surface area contributed by atoms with Gasteiger partial charge >= 0.3 is 0 Å². The van der Waals surface area contributed by atoms with Crippen LogP contribution in [0.2, 0.25) is 0 Å². The lowest BCUT2D eigenvalue weighted by molar-refractivity contribution is -0.121. The Kier molecular flexibility index (Phi) is 4.04. The monoisotopic (exact) mass is 297 g/mol. The summed E-state index contributed by atoms with van der Waals surface area (Å²) in [6.07, 6.45) is 0.384. The van der Waals surface area contributed by atoms with Crippen LogP contribution in [-0.4, -0.2) is 37.5 Å². The van der Waals surface area contributed by atoms with Gasteiger partial charge in [-0.25, -0.2) is 8.42 Å². The van der Waals surface area contributed by atoms with Gasteiger partial charge in [0.2, 0.25) is 5.91 Å². The van der Waals surface area contributed by atoms with Gasteiger partial charge in [-0.1, -0.05) is 6.07 Å². The van der Waals surface area contributed by atoms with Crippen LogP contribution in [0.5, 0.6) is 5.75 Å². The van der Waals surface area contributed by atoms with E-state index in [1.165, 1.54) is 0 Å². The minimum Gasteiger partial charge on any atom is -0.508 e. The zero-order valence-corrected chi connectivity index (χ0v) is 12.5. The van der Waals surface area contributed by atoms with E-state index in [2.05, 4.69) is 0 Å². The molecule has 1 fully saturated rings. The topological polar surface area (TPSA) is 74.7 Å². The van der Waals surface area contributed by atoms with Gasteiger partial charge in [-0.3, -0.25) is 4.79 Å². The first-order chi connectivity index (χ1) is 9.34. The van der Waals surface area contributed by atoms with E-state index in [1.807, 2.05) is 13.8 Å². The molecule has 1 saturated heterocycles. The SMILES string of the molecule is CCN(C(=O)C1CCS(=O)(=O)C1)c1cc(O)ccc1C. The average molecular weight is 297 g/mol. The van der Waals surface area contributed by atoms with Gasteiger partial charge in [0.15, 0.2) is 9.84 Å². The summed E-state index contributed by atoms with van der Waals surface area (Å²) in [5.74, 6) is -0.542. The van der Waals surface area contributed by atoms with Crippen molar-refractivity contribution in [3.8, 4) is 5.75 Å². The third-order valence-electron chi connectivity index (χ3n) is 3.65. The van der Waals surface area contributed by atoms with Crippen molar-refractivity contribution in [1.29, 1.82) is 0 Å². The number of sulfone groups is 1. The van der Waals surface area contributed by atoms with Crippen LogP contribution in [0.15, 0.2) is 18.2 Å². The maximum Gasteiger partial charge on any atom is 0.231 e. The van der Waals surface area contributed by atoms with E-state index in [0.717, 1.165) is 5.56 Å². The van der Waals surface area contributed by atoms with Gasteiger partial charge in [0, 0.05) is 12.6 Å². The fraction of sp³-hybridized carbons (Fsp3) is 0.500. The Morgan fingerprint density at radius 1 is 1.45 bits per heavy atom. The molecule has 1 unspecified atom stereocenters. The lowest BCUT2D eigenvalue weighted by Gasteiger charge is -2.25. The number of benzene rings is 1. The van der Waals surface area contributed by atoms with Gasteiger partial charge in [0.25, 0.3) is 0 Å². The molecule has 1 heterocycles. The summed E-state index contributed by atoms with van der Waals surface area (Å²) in [6, 6.07) is 4.85. The van der Waals surface area contributed by atoms with E-state index in [1.54, 1.807) is 23.1 Å². The van der Waals surface area contributed by atoms with Gasteiger partial charge in [-0.2, -0.15) is 0 Å². The summed E-state index contributed by atoms with van der Waals surface area (Å²) in [4.78, 5) is 14.1. The highest BCUT2D eigenvalue weighted by Gasteiger charge is 2.35. The van der Waals surface area contributed by atoms with Gasteiger partial charge in [-0.15, -0.1) is 0 Å². The van der Waals surface area contributed by atoms with Crippen molar-refractivity contribution in [1.82, 2.24) is 0 Å². The Morgan fingerprint density at radius 3 is 2.70 bits per heavy atom. The van der Waals surface area contributed by atoms with E-state index in [9.17, 15) is 18.3 Å². The molecule has 0 spiro atoms. The van der Waals surface area contributed by atoms with E-state index in [0.29, 0.717) is 18.7 Å². The predicted octanol–water partition coefficient (Wildman–Crippen LogP) is 1.49. The molecule has 1 atom stereocenters. The molecule has 20 heavy (non-hydrogen) atoms. The molecule has 1 amide bonds. The van der Waals surface area contributed by atoms with Gasteiger partial charge < -0.3 is 10.0 Å². The number of rotatable bonds is 3. The number of nitrogens with zero attached hydrogens (tertiary/aromatic N) is 1.